The predicted molar refractivity (Wildman–Crippen MR) is 37.5 cm³/mol. The molecular formula is C7H12N2O. The van der Waals surface area contributed by atoms with Crippen molar-refractivity contribution in [2.45, 2.75) is 12.5 Å². The summed E-state index contributed by atoms with van der Waals surface area (Å²) in [5.74, 6) is 1.62. The molecule has 1 saturated carbocycles. The van der Waals surface area contributed by atoms with Crippen molar-refractivity contribution in [1.29, 1.82) is 0 Å². The van der Waals surface area contributed by atoms with Crippen molar-refractivity contribution in [2.75, 3.05) is 13.6 Å². The van der Waals surface area contributed by atoms with Gasteiger partial charge in [-0.3, -0.25) is 4.79 Å². The molecule has 2 fully saturated rings. The fourth-order valence-electron chi connectivity index (χ4n) is 1.79. The summed E-state index contributed by atoms with van der Waals surface area (Å²) < 4.78 is 0. The SMILES string of the molecule is CNC(=O)[C@H]1NC[C@H]2C[C@H]21. The maximum atomic E-state index is 11.1. The van der Waals surface area contributed by atoms with Gasteiger partial charge in [-0.25, -0.2) is 0 Å². The molecule has 1 heterocycles. The molecule has 1 aliphatic carbocycles. The molecule has 3 atom stereocenters. The van der Waals surface area contributed by atoms with Crippen LogP contribution in [0, 0.1) is 11.8 Å². The van der Waals surface area contributed by atoms with Crippen LogP contribution in [0.25, 0.3) is 0 Å². The maximum absolute atomic E-state index is 11.1. The Labute approximate surface area is 60.2 Å². The third-order valence-electron chi connectivity index (χ3n) is 2.53. The summed E-state index contributed by atoms with van der Waals surface area (Å²) in [7, 11) is 1.69. The van der Waals surface area contributed by atoms with Gasteiger partial charge in [0.2, 0.25) is 5.91 Å². The second-order valence-corrected chi connectivity index (χ2v) is 3.16. The van der Waals surface area contributed by atoms with Gasteiger partial charge in [-0.2, -0.15) is 0 Å². The molecule has 0 unspecified atom stereocenters. The van der Waals surface area contributed by atoms with Crippen LogP contribution in [0.15, 0.2) is 0 Å². The van der Waals surface area contributed by atoms with E-state index in [0.717, 1.165) is 12.5 Å². The zero-order chi connectivity index (χ0) is 7.14. The van der Waals surface area contributed by atoms with Crippen molar-refractivity contribution in [2.24, 2.45) is 11.8 Å². The molecule has 56 valence electrons. The van der Waals surface area contributed by atoms with E-state index in [1.165, 1.54) is 6.42 Å². The Morgan fingerprint density at radius 3 is 2.90 bits per heavy atom. The highest BCUT2D eigenvalue weighted by Gasteiger charge is 2.50. The summed E-state index contributed by atoms with van der Waals surface area (Å²) in [6.45, 7) is 1.04. The van der Waals surface area contributed by atoms with Gasteiger partial charge in [-0.15, -0.1) is 0 Å². The van der Waals surface area contributed by atoms with E-state index in [9.17, 15) is 4.79 Å². The Kier molecular flexibility index (Phi) is 1.20. The topological polar surface area (TPSA) is 41.1 Å². The van der Waals surface area contributed by atoms with Crippen LogP contribution in [0.3, 0.4) is 0 Å². The highest BCUT2D eigenvalue weighted by Crippen LogP contribution is 2.44. The van der Waals surface area contributed by atoms with Crippen LogP contribution in [0.5, 0.6) is 0 Å². The molecule has 0 spiro atoms. The minimum absolute atomic E-state index is 0.120. The van der Waals surface area contributed by atoms with Crippen molar-refractivity contribution in [3.63, 3.8) is 0 Å². The first kappa shape index (κ1) is 6.16. The van der Waals surface area contributed by atoms with Gasteiger partial charge in [-0.05, 0) is 24.8 Å². The summed E-state index contributed by atoms with van der Waals surface area (Å²) in [5, 5.41) is 5.86. The summed E-state index contributed by atoms with van der Waals surface area (Å²) in [6.07, 6.45) is 1.26. The Hall–Kier alpha value is -0.570. The molecule has 2 N–H and O–H groups in total. The van der Waals surface area contributed by atoms with Gasteiger partial charge < -0.3 is 10.6 Å². The number of fused-ring (bicyclic) bond motifs is 1. The standard InChI is InChI=1S/C7H12N2O/c1-8-7(10)6-5-2-4(5)3-9-6/h4-6,9H,2-3H2,1H3,(H,8,10)/t4-,5-,6+/m1/s1. The fourth-order valence-corrected chi connectivity index (χ4v) is 1.79. The summed E-state index contributed by atoms with van der Waals surface area (Å²) >= 11 is 0. The van der Waals surface area contributed by atoms with E-state index in [0.29, 0.717) is 5.92 Å². The Morgan fingerprint density at radius 2 is 2.50 bits per heavy atom. The summed E-state index contributed by atoms with van der Waals surface area (Å²) in [6, 6.07) is 0.120. The van der Waals surface area contributed by atoms with Gasteiger partial charge in [0.1, 0.15) is 0 Å². The Balaban J connectivity index is 1.98. The van der Waals surface area contributed by atoms with E-state index in [4.69, 9.17) is 0 Å². The van der Waals surface area contributed by atoms with Crippen LogP contribution in [0.4, 0.5) is 0 Å². The second-order valence-electron chi connectivity index (χ2n) is 3.16. The smallest absolute Gasteiger partial charge is 0.237 e. The second kappa shape index (κ2) is 1.95. The molecule has 0 aromatic rings. The molecule has 2 rings (SSSR count). The molecule has 0 radical (unpaired) electrons. The van der Waals surface area contributed by atoms with Crippen LogP contribution >= 0.6 is 0 Å². The van der Waals surface area contributed by atoms with Gasteiger partial charge in [0, 0.05) is 7.05 Å². The third kappa shape index (κ3) is 0.736. The van der Waals surface area contributed by atoms with Crippen LogP contribution in [0.1, 0.15) is 6.42 Å². The zero-order valence-corrected chi connectivity index (χ0v) is 6.05. The lowest BCUT2D eigenvalue weighted by atomic mass is 10.2. The van der Waals surface area contributed by atoms with Gasteiger partial charge in [0.25, 0.3) is 0 Å². The highest BCUT2D eigenvalue weighted by atomic mass is 16.2. The van der Waals surface area contributed by atoms with E-state index in [-0.39, 0.29) is 11.9 Å². The monoisotopic (exact) mass is 140 g/mol. The summed E-state index contributed by atoms with van der Waals surface area (Å²) in [4.78, 5) is 11.1. The zero-order valence-electron chi connectivity index (χ0n) is 6.05. The maximum Gasteiger partial charge on any atom is 0.237 e. The van der Waals surface area contributed by atoms with Gasteiger partial charge >= 0.3 is 0 Å². The number of carbonyl (C=O) groups is 1. The molecule has 1 aliphatic heterocycles. The van der Waals surface area contributed by atoms with Crippen LogP contribution < -0.4 is 10.6 Å². The van der Waals surface area contributed by atoms with Gasteiger partial charge in [0.05, 0.1) is 6.04 Å². The van der Waals surface area contributed by atoms with Crippen molar-refractivity contribution in [1.82, 2.24) is 10.6 Å². The Bertz CT molecular complexity index is 169. The Morgan fingerprint density at radius 1 is 1.70 bits per heavy atom. The number of piperidine rings is 1. The average molecular weight is 140 g/mol. The number of likely N-dealkylation sites (N-methyl/N-ethyl adjacent to an activating group) is 1. The first-order chi connectivity index (χ1) is 4.83. The molecule has 1 amide bonds. The van der Waals surface area contributed by atoms with Crippen molar-refractivity contribution in [3.8, 4) is 0 Å². The largest absolute Gasteiger partial charge is 0.358 e. The number of hydrogen-bond donors (Lipinski definition) is 2. The lowest BCUT2D eigenvalue weighted by Crippen LogP contribution is -2.41. The van der Waals surface area contributed by atoms with Gasteiger partial charge in [0.15, 0.2) is 0 Å². The van der Waals surface area contributed by atoms with E-state index in [1.54, 1.807) is 7.05 Å². The summed E-state index contributed by atoms with van der Waals surface area (Å²) in [5.41, 5.74) is 0. The molecule has 0 bridgehead atoms. The van der Waals surface area contributed by atoms with E-state index < -0.39 is 0 Å². The van der Waals surface area contributed by atoms with Crippen LogP contribution in [-0.2, 0) is 4.79 Å². The minimum atomic E-state index is 0.120. The van der Waals surface area contributed by atoms with Crippen molar-refractivity contribution < 1.29 is 4.79 Å². The van der Waals surface area contributed by atoms with Crippen molar-refractivity contribution >= 4 is 5.91 Å². The number of carbonyl (C=O) groups excluding carboxylic acids is 1. The van der Waals surface area contributed by atoms with E-state index >= 15 is 0 Å². The minimum Gasteiger partial charge on any atom is -0.358 e. The fraction of sp³-hybridized carbons (Fsp3) is 0.857. The molecular weight excluding hydrogens is 128 g/mol. The molecule has 10 heavy (non-hydrogen) atoms. The first-order valence-corrected chi connectivity index (χ1v) is 3.78. The molecule has 1 saturated heterocycles. The number of amides is 1. The predicted octanol–water partition coefficient (Wildman–Crippen LogP) is -0.660. The highest BCUT2D eigenvalue weighted by molar-refractivity contribution is 5.82. The normalized spacial score (nSPS) is 42.7. The van der Waals surface area contributed by atoms with Crippen LogP contribution in [-0.4, -0.2) is 25.5 Å². The molecule has 3 heteroatoms. The number of hydrogen-bond acceptors (Lipinski definition) is 2. The van der Waals surface area contributed by atoms with Crippen LogP contribution in [0.2, 0.25) is 0 Å². The van der Waals surface area contributed by atoms with E-state index in [2.05, 4.69) is 10.6 Å². The average Bonchev–Trinajstić information content (AvgIpc) is 2.62. The lowest BCUT2D eigenvalue weighted by molar-refractivity contribution is -0.122. The molecule has 0 aromatic carbocycles. The van der Waals surface area contributed by atoms with Crippen molar-refractivity contribution in [3.05, 3.63) is 0 Å². The molecule has 0 aromatic heterocycles. The van der Waals surface area contributed by atoms with Gasteiger partial charge in [-0.1, -0.05) is 0 Å². The quantitative estimate of drug-likeness (QED) is 0.507. The number of nitrogens with one attached hydrogen (secondary N) is 2. The molecule has 3 nitrogen and oxygen atoms in total. The lowest BCUT2D eigenvalue weighted by Gasteiger charge is -2.09. The first-order valence-electron chi connectivity index (χ1n) is 3.78. The molecule has 2 aliphatic rings. The van der Waals surface area contributed by atoms with E-state index in [1.807, 2.05) is 0 Å². The third-order valence-corrected chi connectivity index (χ3v) is 2.53. The number of rotatable bonds is 1.